The Kier molecular flexibility index (Phi) is 5.76. The molecule has 3 aromatic carbocycles. The van der Waals surface area contributed by atoms with E-state index >= 15 is 0 Å². The van der Waals surface area contributed by atoms with Crippen LogP contribution in [-0.2, 0) is 6.54 Å². The predicted molar refractivity (Wildman–Crippen MR) is 137 cm³/mol. The van der Waals surface area contributed by atoms with Gasteiger partial charge in [-0.3, -0.25) is 9.36 Å². The molecule has 0 bridgehead atoms. The monoisotopic (exact) mass is 463 g/mol. The zero-order chi connectivity index (χ0) is 24.5. The molecule has 7 nitrogen and oxygen atoms in total. The number of carbonyl (C=O) groups excluding carboxylic acids is 1. The second-order valence-electron chi connectivity index (χ2n) is 8.69. The minimum Gasteiger partial charge on any atom is -0.504 e. The van der Waals surface area contributed by atoms with Gasteiger partial charge in [-0.1, -0.05) is 54.6 Å². The summed E-state index contributed by atoms with van der Waals surface area (Å²) in [5.41, 5.74) is 12.3. The van der Waals surface area contributed by atoms with Crippen LogP contribution in [0.3, 0.4) is 0 Å². The van der Waals surface area contributed by atoms with Crippen molar-refractivity contribution in [3.05, 3.63) is 96.4 Å². The fraction of sp³-hybridized carbons (Fsp3) is 0.107. The zero-order valence-electron chi connectivity index (χ0n) is 19.5. The molecule has 5 aromatic rings. The molecular formula is C28H25N5O2. The molecule has 0 saturated carbocycles. The highest BCUT2D eigenvalue weighted by Crippen LogP contribution is 2.36. The van der Waals surface area contributed by atoms with Gasteiger partial charge in [-0.05, 0) is 49.0 Å². The van der Waals surface area contributed by atoms with E-state index in [0.717, 1.165) is 17.7 Å². The first-order chi connectivity index (χ1) is 16.9. The van der Waals surface area contributed by atoms with Crippen molar-refractivity contribution in [2.75, 3.05) is 14.1 Å². The van der Waals surface area contributed by atoms with Gasteiger partial charge in [0.05, 0.1) is 6.20 Å². The van der Waals surface area contributed by atoms with Crippen molar-refractivity contribution in [1.29, 1.82) is 0 Å². The van der Waals surface area contributed by atoms with Gasteiger partial charge < -0.3 is 15.7 Å². The van der Waals surface area contributed by atoms with Crippen molar-refractivity contribution in [3.8, 4) is 33.8 Å². The maximum atomic E-state index is 11.6. The van der Waals surface area contributed by atoms with E-state index in [-0.39, 0.29) is 5.75 Å². The molecule has 0 spiro atoms. The van der Waals surface area contributed by atoms with Crippen LogP contribution in [-0.4, -0.2) is 44.5 Å². The summed E-state index contributed by atoms with van der Waals surface area (Å²) >= 11 is 0. The number of nitrogens with two attached hydrogens (primary N) is 1. The lowest BCUT2D eigenvalue weighted by atomic mass is 9.97. The van der Waals surface area contributed by atoms with E-state index in [1.54, 1.807) is 35.3 Å². The lowest BCUT2D eigenvalue weighted by Crippen LogP contribution is -2.11. The summed E-state index contributed by atoms with van der Waals surface area (Å²) in [6.07, 6.45) is 3.24. The Hall–Kier alpha value is -4.49. The van der Waals surface area contributed by atoms with Crippen LogP contribution in [0, 0.1) is 0 Å². The Morgan fingerprint density at radius 1 is 0.971 bits per heavy atom. The summed E-state index contributed by atoms with van der Waals surface area (Å²) in [7, 11) is 4.11. The molecule has 0 fully saturated rings. The third-order valence-corrected chi connectivity index (χ3v) is 5.94. The van der Waals surface area contributed by atoms with Gasteiger partial charge in [-0.15, -0.1) is 0 Å². The van der Waals surface area contributed by atoms with Crippen molar-refractivity contribution < 1.29 is 9.90 Å². The van der Waals surface area contributed by atoms with Crippen molar-refractivity contribution in [3.63, 3.8) is 0 Å². The fourth-order valence-corrected chi connectivity index (χ4v) is 4.30. The summed E-state index contributed by atoms with van der Waals surface area (Å²) in [4.78, 5) is 22.6. The molecule has 3 N–H and O–H groups in total. The minimum absolute atomic E-state index is 0.0187. The number of rotatable bonds is 6. The average Bonchev–Trinajstić information content (AvgIpc) is 3.30. The quantitative estimate of drug-likeness (QED) is 0.383. The number of benzene rings is 3. The Morgan fingerprint density at radius 2 is 1.71 bits per heavy atom. The molecule has 0 aliphatic carbocycles. The molecule has 35 heavy (non-hydrogen) atoms. The summed E-state index contributed by atoms with van der Waals surface area (Å²) in [6.45, 7) is 0.845. The number of hydrogen-bond acceptors (Lipinski definition) is 5. The van der Waals surface area contributed by atoms with Crippen molar-refractivity contribution in [2.45, 2.75) is 6.54 Å². The zero-order valence-corrected chi connectivity index (χ0v) is 19.5. The van der Waals surface area contributed by atoms with E-state index in [4.69, 9.17) is 5.73 Å². The number of imidazole rings is 1. The van der Waals surface area contributed by atoms with Gasteiger partial charge in [0.1, 0.15) is 23.1 Å². The van der Waals surface area contributed by atoms with Crippen LogP contribution in [0.4, 0.5) is 0 Å². The van der Waals surface area contributed by atoms with Gasteiger partial charge in [-0.25, -0.2) is 9.97 Å². The number of nitrogens with zero attached hydrogens (tertiary/aromatic N) is 4. The van der Waals surface area contributed by atoms with Crippen molar-refractivity contribution in [2.24, 2.45) is 5.73 Å². The van der Waals surface area contributed by atoms with Gasteiger partial charge in [-0.2, -0.15) is 0 Å². The maximum absolute atomic E-state index is 11.6. The molecule has 0 unspecified atom stereocenters. The highest BCUT2D eigenvalue weighted by atomic mass is 16.3. The van der Waals surface area contributed by atoms with E-state index in [9.17, 15) is 9.90 Å². The molecule has 0 radical (unpaired) electrons. The Morgan fingerprint density at radius 3 is 2.46 bits per heavy atom. The third-order valence-electron chi connectivity index (χ3n) is 5.94. The molecule has 0 aliphatic rings. The molecule has 7 heteroatoms. The number of fused-ring (bicyclic) bond motifs is 1. The van der Waals surface area contributed by atoms with E-state index in [0.29, 0.717) is 28.0 Å². The summed E-state index contributed by atoms with van der Waals surface area (Å²) in [5, 5.41) is 11.2. The van der Waals surface area contributed by atoms with E-state index in [2.05, 4.69) is 47.2 Å². The lowest BCUT2D eigenvalue weighted by Gasteiger charge is -2.15. The van der Waals surface area contributed by atoms with Crippen molar-refractivity contribution >= 4 is 16.9 Å². The summed E-state index contributed by atoms with van der Waals surface area (Å²) in [5.74, 6) is -0.500. The number of hydrogen-bond donors (Lipinski definition) is 2. The smallest absolute Gasteiger partial charge is 0.248 e. The van der Waals surface area contributed by atoms with Crippen LogP contribution < -0.4 is 5.73 Å². The SMILES string of the molecule is CN(C)Cc1ccccc1-c1ccc(-c2ncc3ncn(-c4cccc(C(N)=O)c4)c3c2O)cc1. The number of amides is 1. The maximum Gasteiger partial charge on any atom is 0.248 e. The first-order valence-corrected chi connectivity index (χ1v) is 11.2. The number of primary amides is 1. The normalized spacial score (nSPS) is 11.3. The van der Waals surface area contributed by atoms with Crippen LogP contribution in [0.2, 0.25) is 0 Å². The van der Waals surface area contributed by atoms with Gasteiger partial charge in [0.15, 0.2) is 5.75 Å². The highest BCUT2D eigenvalue weighted by Gasteiger charge is 2.17. The number of pyridine rings is 1. The van der Waals surface area contributed by atoms with E-state index in [1.807, 2.05) is 36.4 Å². The largest absolute Gasteiger partial charge is 0.504 e. The summed E-state index contributed by atoms with van der Waals surface area (Å²) < 4.78 is 1.73. The molecule has 2 aromatic heterocycles. The predicted octanol–water partition coefficient (Wildman–Crippen LogP) is 4.62. The van der Waals surface area contributed by atoms with Gasteiger partial charge in [0.25, 0.3) is 0 Å². The number of carbonyl (C=O) groups is 1. The van der Waals surface area contributed by atoms with Crippen LogP contribution in [0.5, 0.6) is 5.75 Å². The first kappa shape index (κ1) is 22.3. The molecule has 0 aliphatic heterocycles. The molecular weight excluding hydrogens is 438 g/mol. The van der Waals surface area contributed by atoms with Gasteiger partial charge >= 0.3 is 0 Å². The number of aromatic nitrogens is 3. The van der Waals surface area contributed by atoms with E-state index in [1.165, 1.54) is 11.1 Å². The second kappa shape index (κ2) is 9.04. The fourth-order valence-electron chi connectivity index (χ4n) is 4.30. The molecule has 2 heterocycles. The van der Waals surface area contributed by atoms with Crippen LogP contribution in [0.15, 0.2) is 85.3 Å². The summed E-state index contributed by atoms with van der Waals surface area (Å²) in [6, 6.07) is 23.3. The van der Waals surface area contributed by atoms with Crippen LogP contribution in [0.1, 0.15) is 15.9 Å². The minimum atomic E-state index is -0.518. The second-order valence-corrected chi connectivity index (χ2v) is 8.69. The standard InChI is InChI=1S/C28H25N5O2/c1-32(2)16-21-6-3-4-9-23(21)18-10-12-19(13-11-18)25-27(34)26-24(15-30-25)31-17-33(26)22-8-5-7-20(14-22)28(29)35/h3-15,17,34H,16H2,1-2H3,(H2,29,35). The molecule has 174 valence electrons. The van der Waals surface area contributed by atoms with Crippen LogP contribution >= 0.6 is 0 Å². The van der Waals surface area contributed by atoms with Gasteiger partial charge in [0, 0.05) is 23.4 Å². The third kappa shape index (κ3) is 4.25. The van der Waals surface area contributed by atoms with Crippen LogP contribution in [0.25, 0.3) is 39.1 Å². The first-order valence-electron chi connectivity index (χ1n) is 11.2. The highest BCUT2D eigenvalue weighted by molar-refractivity contribution is 5.94. The van der Waals surface area contributed by atoms with Gasteiger partial charge in [0.2, 0.25) is 5.91 Å². The topological polar surface area (TPSA) is 97.3 Å². The van der Waals surface area contributed by atoms with E-state index < -0.39 is 5.91 Å². The molecule has 1 amide bonds. The lowest BCUT2D eigenvalue weighted by molar-refractivity contribution is 0.1000. The Balaban J connectivity index is 1.55. The number of aromatic hydroxyl groups is 1. The Labute approximate surface area is 203 Å². The van der Waals surface area contributed by atoms with Crippen molar-refractivity contribution in [1.82, 2.24) is 19.4 Å². The molecule has 0 atom stereocenters. The molecule has 5 rings (SSSR count). The average molecular weight is 464 g/mol. The Bertz CT molecular complexity index is 1540. The molecule has 0 saturated heterocycles.